The molecular weight excluding hydrogens is 473 g/mol. The van der Waals surface area contributed by atoms with Crippen molar-refractivity contribution in [3.05, 3.63) is 47.4 Å². The number of nitrogens with zero attached hydrogens (tertiary/aromatic N) is 2. The highest BCUT2D eigenvalue weighted by Gasteiger charge is 2.45. The number of halogens is 1. The number of carbonyl (C=O) groups excluding carboxylic acids is 2. The van der Waals surface area contributed by atoms with Gasteiger partial charge in [0.25, 0.3) is 5.91 Å². The SMILES string of the molecule is COc1ccc2c(n1)CCN(C(=O)C1CC(C(=O)O)C1)[C@H]2C(=O)Nc1ccc(S(C)(C)C)c(F)c1. The molecule has 35 heavy (non-hydrogen) atoms. The van der Waals surface area contributed by atoms with Crippen molar-refractivity contribution in [3.8, 4) is 5.88 Å². The van der Waals surface area contributed by atoms with Crippen LogP contribution in [0.25, 0.3) is 0 Å². The Morgan fingerprint density at radius 2 is 1.86 bits per heavy atom. The first-order chi connectivity index (χ1) is 16.5. The Kier molecular flexibility index (Phi) is 6.77. The number of aromatic nitrogens is 1. The van der Waals surface area contributed by atoms with E-state index < -0.39 is 39.8 Å². The molecule has 1 atom stereocenters. The molecule has 2 N–H and O–H groups in total. The number of aliphatic carboxylic acids is 1. The van der Waals surface area contributed by atoms with Crippen LogP contribution in [0.5, 0.6) is 5.88 Å². The minimum Gasteiger partial charge on any atom is -0.481 e. The molecule has 1 aliphatic carbocycles. The van der Waals surface area contributed by atoms with Crippen molar-refractivity contribution in [1.82, 2.24) is 9.88 Å². The molecule has 8 nitrogen and oxygen atoms in total. The van der Waals surface area contributed by atoms with Crippen LogP contribution in [0.2, 0.25) is 0 Å². The Morgan fingerprint density at radius 3 is 2.46 bits per heavy atom. The number of carboxylic acid groups (broad SMARTS) is 1. The van der Waals surface area contributed by atoms with E-state index in [4.69, 9.17) is 4.74 Å². The van der Waals surface area contributed by atoms with Gasteiger partial charge in [0.15, 0.2) is 0 Å². The lowest BCUT2D eigenvalue weighted by atomic mass is 9.73. The van der Waals surface area contributed by atoms with Crippen molar-refractivity contribution in [2.45, 2.75) is 30.2 Å². The summed E-state index contributed by atoms with van der Waals surface area (Å²) in [6, 6.07) is 7.04. The van der Waals surface area contributed by atoms with Gasteiger partial charge in [-0.3, -0.25) is 14.4 Å². The third-order valence-corrected chi connectivity index (χ3v) is 8.27. The zero-order chi connectivity index (χ0) is 25.5. The van der Waals surface area contributed by atoms with Crippen molar-refractivity contribution < 1.29 is 28.6 Å². The molecule has 0 bridgehead atoms. The van der Waals surface area contributed by atoms with Gasteiger partial charge in [0.1, 0.15) is 11.9 Å². The lowest BCUT2D eigenvalue weighted by molar-refractivity contribution is -0.154. The molecule has 4 rings (SSSR count). The van der Waals surface area contributed by atoms with Crippen LogP contribution in [0.3, 0.4) is 0 Å². The smallest absolute Gasteiger partial charge is 0.306 e. The van der Waals surface area contributed by atoms with Gasteiger partial charge in [-0.25, -0.2) is 19.4 Å². The van der Waals surface area contributed by atoms with E-state index >= 15 is 0 Å². The molecule has 2 amide bonds. The fraction of sp³-hybridized carbons (Fsp3) is 0.440. The lowest BCUT2D eigenvalue weighted by Crippen LogP contribution is -2.50. The van der Waals surface area contributed by atoms with E-state index in [9.17, 15) is 23.9 Å². The van der Waals surface area contributed by atoms with Gasteiger partial charge in [-0.15, -0.1) is 0 Å². The first kappa shape index (κ1) is 25.0. The van der Waals surface area contributed by atoms with E-state index in [2.05, 4.69) is 10.3 Å². The summed E-state index contributed by atoms with van der Waals surface area (Å²) in [6.07, 6.45) is 6.92. The summed E-state index contributed by atoms with van der Waals surface area (Å²) in [5.41, 5.74) is 1.53. The molecule has 2 aliphatic rings. The Labute approximate surface area is 205 Å². The third-order valence-electron chi connectivity index (χ3n) is 6.62. The van der Waals surface area contributed by atoms with Gasteiger partial charge in [-0.2, -0.15) is 0 Å². The normalized spacial score (nSPS) is 22.0. The zero-order valence-corrected chi connectivity index (χ0v) is 21.0. The van der Waals surface area contributed by atoms with Crippen molar-refractivity contribution in [3.63, 3.8) is 0 Å². The number of ether oxygens (including phenoxy) is 1. The number of carbonyl (C=O) groups is 3. The predicted octanol–water partition coefficient (Wildman–Crippen LogP) is 3.46. The number of benzene rings is 1. The Bertz CT molecular complexity index is 1180. The van der Waals surface area contributed by atoms with Gasteiger partial charge >= 0.3 is 5.97 Å². The molecule has 1 aliphatic heterocycles. The topological polar surface area (TPSA) is 109 Å². The van der Waals surface area contributed by atoms with Gasteiger partial charge in [0.2, 0.25) is 11.8 Å². The van der Waals surface area contributed by atoms with E-state index in [-0.39, 0.29) is 31.1 Å². The molecule has 1 saturated carbocycles. The molecule has 10 heteroatoms. The van der Waals surface area contributed by atoms with Gasteiger partial charge < -0.3 is 20.1 Å². The van der Waals surface area contributed by atoms with Crippen molar-refractivity contribution in [2.24, 2.45) is 11.8 Å². The number of rotatable bonds is 6. The average molecular weight is 504 g/mol. The van der Waals surface area contributed by atoms with E-state index in [0.29, 0.717) is 34.1 Å². The summed E-state index contributed by atoms with van der Waals surface area (Å²) >= 11 is 0. The minimum atomic E-state index is -1.29. The second-order valence-corrected chi connectivity index (χ2v) is 13.9. The minimum absolute atomic E-state index is 0.248. The summed E-state index contributed by atoms with van der Waals surface area (Å²) in [5, 5.41) is 12.0. The quantitative estimate of drug-likeness (QED) is 0.625. The maximum absolute atomic E-state index is 14.8. The number of hydrogen-bond donors (Lipinski definition) is 2. The molecule has 2 heterocycles. The van der Waals surface area contributed by atoms with Crippen molar-refractivity contribution in [1.29, 1.82) is 0 Å². The molecule has 1 aromatic heterocycles. The summed E-state index contributed by atoms with van der Waals surface area (Å²) < 4.78 is 20.0. The van der Waals surface area contributed by atoms with Gasteiger partial charge in [-0.05, 0) is 55.9 Å². The zero-order valence-electron chi connectivity index (χ0n) is 20.2. The molecule has 1 fully saturated rings. The number of methoxy groups -OCH3 is 1. The highest BCUT2D eigenvalue weighted by molar-refractivity contribution is 8.32. The second-order valence-electron chi connectivity index (χ2n) is 9.75. The van der Waals surface area contributed by atoms with Crippen molar-refractivity contribution in [2.75, 3.05) is 37.7 Å². The molecular formula is C25H30FN3O5S. The Hall–Kier alpha value is -3.14. The van der Waals surface area contributed by atoms with E-state index in [1.165, 1.54) is 18.1 Å². The number of nitrogens with one attached hydrogen (secondary N) is 1. The summed E-state index contributed by atoms with van der Waals surface area (Å²) in [5.74, 6) is -2.59. The maximum atomic E-state index is 14.8. The molecule has 1 aromatic carbocycles. The molecule has 188 valence electrons. The third kappa shape index (κ3) is 4.98. The van der Waals surface area contributed by atoms with Crippen LogP contribution in [-0.2, 0) is 20.8 Å². The van der Waals surface area contributed by atoms with Crippen LogP contribution in [0, 0.1) is 17.7 Å². The highest BCUT2D eigenvalue weighted by Crippen LogP contribution is 2.47. The monoisotopic (exact) mass is 503 g/mol. The average Bonchev–Trinajstić information content (AvgIpc) is 2.75. The standard InChI is InChI=1S/C25H30FN3O5S/c1-34-21-8-6-17-19(28-21)9-10-29(24(31)14-11-15(12-14)25(32)33)22(17)23(30)27-16-5-7-20(18(26)13-16)35(2,3)4/h5-8,13-15,22H,9-12H2,1-4H3,(H,27,30)(H,32,33)/t14?,15?,22-/m1/s1. The molecule has 0 radical (unpaired) electrons. The van der Waals surface area contributed by atoms with Crippen LogP contribution in [0.4, 0.5) is 10.1 Å². The summed E-state index contributed by atoms with van der Waals surface area (Å²) in [6.45, 7) is 0.263. The fourth-order valence-electron chi connectivity index (χ4n) is 4.64. The molecule has 0 spiro atoms. The number of fused-ring (bicyclic) bond motifs is 1. The summed E-state index contributed by atoms with van der Waals surface area (Å²) in [7, 11) is 0.219. The van der Waals surface area contributed by atoms with E-state index in [1.54, 1.807) is 24.3 Å². The maximum Gasteiger partial charge on any atom is 0.306 e. The molecule has 0 saturated heterocycles. The number of pyridine rings is 1. The van der Waals surface area contributed by atoms with E-state index in [0.717, 1.165) is 0 Å². The van der Waals surface area contributed by atoms with Gasteiger partial charge in [-0.1, -0.05) is 0 Å². The van der Waals surface area contributed by atoms with Gasteiger partial charge in [0, 0.05) is 41.1 Å². The largest absolute Gasteiger partial charge is 0.481 e. The highest BCUT2D eigenvalue weighted by atomic mass is 32.3. The van der Waals surface area contributed by atoms with Crippen LogP contribution >= 0.6 is 10.0 Å². The first-order valence-electron chi connectivity index (χ1n) is 11.4. The Morgan fingerprint density at radius 1 is 1.14 bits per heavy atom. The van der Waals surface area contributed by atoms with Crippen molar-refractivity contribution >= 4 is 33.5 Å². The predicted molar refractivity (Wildman–Crippen MR) is 131 cm³/mol. The van der Waals surface area contributed by atoms with Crippen LogP contribution in [-0.4, -0.2) is 65.2 Å². The molecule has 2 aromatic rings. The first-order valence-corrected chi connectivity index (χ1v) is 14.2. The van der Waals surface area contributed by atoms with Crippen LogP contribution in [0.15, 0.2) is 35.2 Å². The Balaban J connectivity index is 1.62. The number of anilines is 1. The number of amides is 2. The molecule has 0 unspecified atom stereocenters. The second kappa shape index (κ2) is 9.49. The number of carboxylic acids is 1. The van der Waals surface area contributed by atoms with Crippen LogP contribution in [0.1, 0.15) is 30.1 Å². The lowest BCUT2D eigenvalue weighted by Gasteiger charge is -2.41. The van der Waals surface area contributed by atoms with Gasteiger partial charge in [0.05, 0.1) is 18.7 Å². The van der Waals surface area contributed by atoms with Crippen LogP contribution < -0.4 is 10.1 Å². The summed E-state index contributed by atoms with van der Waals surface area (Å²) in [4.78, 5) is 44.6. The fourth-order valence-corrected chi connectivity index (χ4v) is 5.76. The number of hydrogen-bond acceptors (Lipinski definition) is 5. The van der Waals surface area contributed by atoms with E-state index in [1.807, 2.05) is 18.8 Å².